The maximum atomic E-state index is 13.6. The Kier molecular flexibility index (Phi) is 18.1. The van der Waals surface area contributed by atoms with Crippen molar-refractivity contribution in [2.75, 3.05) is 31.1 Å². The molecule has 31 heteroatoms. The highest BCUT2D eigenvalue weighted by atomic mass is 19.4. The third-order valence-electron chi connectivity index (χ3n) is 13.0. The smallest absolute Gasteiger partial charge is 0.490 e. The zero-order valence-electron chi connectivity index (χ0n) is 40.0. The highest BCUT2D eigenvalue weighted by Gasteiger charge is 2.55. The molecule has 4 saturated heterocycles. The third-order valence-corrected chi connectivity index (χ3v) is 13.0. The van der Waals surface area contributed by atoms with Crippen molar-refractivity contribution in [3.63, 3.8) is 0 Å². The molecule has 1 aromatic heterocycles. The fourth-order valence-electron chi connectivity index (χ4n) is 9.23. The molecule has 3 aromatic rings. The number of piperidine rings is 1. The number of amides is 5. The topological polar surface area (TPSA) is 409 Å². The number of primary amides is 1. The maximum absolute atomic E-state index is 13.6. The summed E-state index contributed by atoms with van der Waals surface area (Å²) in [7, 11) is 0. The van der Waals surface area contributed by atoms with Gasteiger partial charge in [0.25, 0.3) is 5.56 Å². The Balaban J connectivity index is 1.04. The van der Waals surface area contributed by atoms with E-state index in [0.29, 0.717) is 41.8 Å². The Morgan fingerprint density at radius 2 is 1.41 bits per heavy atom. The second kappa shape index (κ2) is 24.1. The zero-order chi connectivity index (χ0) is 55.3. The number of hydrogen-bond acceptors (Lipinski definition) is 20. The van der Waals surface area contributed by atoms with Gasteiger partial charge in [0.15, 0.2) is 18.8 Å². The highest BCUT2D eigenvalue weighted by Crippen LogP contribution is 2.34. The summed E-state index contributed by atoms with van der Waals surface area (Å²) in [5.41, 5.74) is 5.09. The van der Waals surface area contributed by atoms with Gasteiger partial charge in [-0.15, -0.1) is 13.2 Å². The number of alkyl halides is 3. The predicted octanol–water partition coefficient (Wildman–Crippen LogP) is -3.79. The Labute approximate surface area is 427 Å². The van der Waals surface area contributed by atoms with Crippen LogP contribution >= 0.6 is 0 Å². The van der Waals surface area contributed by atoms with Gasteiger partial charge in [-0.25, -0.2) is 14.4 Å². The molecular weight excluding hydrogens is 1030 g/mol. The molecule has 2 aromatic carbocycles. The molecule has 5 heterocycles. The first-order chi connectivity index (χ1) is 35.9. The number of aliphatic hydroxyl groups is 7. The van der Waals surface area contributed by atoms with Gasteiger partial charge in [-0.1, -0.05) is 12.1 Å². The number of ether oxygens (including phenoxy) is 6. The first-order valence-electron chi connectivity index (χ1n) is 23.5. The van der Waals surface area contributed by atoms with Crippen molar-refractivity contribution in [1.82, 2.24) is 30.4 Å². The first-order valence-corrected chi connectivity index (χ1v) is 23.5. The van der Waals surface area contributed by atoms with E-state index in [-0.39, 0.29) is 23.3 Å². The van der Waals surface area contributed by atoms with E-state index in [1.165, 1.54) is 12.1 Å². The Morgan fingerprint density at radius 3 is 1.97 bits per heavy atom. The number of aromatic amines is 1. The summed E-state index contributed by atoms with van der Waals surface area (Å²) in [6.07, 6.45) is -28.4. The molecule has 4 fully saturated rings. The van der Waals surface area contributed by atoms with Gasteiger partial charge in [0, 0.05) is 57.4 Å². The number of aromatic nitrogens is 2. The third kappa shape index (κ3) is 13.5. The van der Waals surface area contributed by atoms with Crippen molar-refractivity contribution in [3.8, 4) is 11.5 Å². The van der Waals surface area contributed by atoms with E-state index in [4.69, 9.17) is 29.4 Å². The lowest BCUT2D eigenvalue weighted by Gasteiger charge is -2.48. The molecule has 0 spiro atoms. The van der Waals surface area contributed by atoms with E-state index in [0.717, 1.165) is 37.0 Å². The number of urea groups is 1. The maximum Gasteiger partial charge on any atom is 0.573 e. The molecule has 0 bridgehead atoms. The molecule has 7 rings (SSSR count). The van der Waals surface area contributed by atoms with Gasteiger partial charge in [0.05, 0.1) is 13.2 Å². The zero-order valence-corrected chi connectivity index (χ0v) is 40.0. The lowest BCUT2D eigenvalue weighted by molar-refractivity contribution is -0.345. The molecule has 5 amide bonds. The summed E-state index contributed by atoms with van der Waals surface area (Å²) in [4.78, 5) is 80.3. The van der Waals surface area contributed by atoms with E-state index >= 15 is 0 Å². The number of nitrogens with two attached hydrogens (primary N) is 1. The Hall–Kier alpha value is -6.65. The fraction of sp³-hybridized carbons (Fsp3) is 0.556. The van der Waals surface area contributed by atoms with Gasteiger partial charge in [-0.3, -0.25) is 28.8 Å². The van der Waals surface area contributed by atoms with Crippen LogP contribution < -0.4 is 47.3 Å². The van der Waals surface area contributed by atoms with Gasteiger partial charge < -0.3 is 95.9 Å². The second-order valence-corrected chi connectivity index (χ2v) is 18.2. The molecule has 28 nitrogen and oxygen atoms in total. The Bertz CT molecular complexity index is 2610. The van der Waals surface area contributed by atoms with Crippen LogP contribution in [0, 0.1) is 0 Å². The molecule has 418 valence electrons. The minimum atomic E-state index is -4.82. The van der Waals surface area contributed by atoms with Crippen molar-refractivity contribution in [2.24, 2.45) is 5.73 Å². The van der Waals surface area contributed by atoms with Crippen molar-refractivity contribution >= 4 is 29.6 Å². The van der Waals surface area contributed by atoms with Crippen molar-refractivity contribution in [3.05, 3.63) is 87.2 Å². The number of anilines is 1. The van der Waals surface area contributed by atoms with Crippen molar-refractivity contribution < 1.29 is 102 Å². The minimum absolute atomic E-state index is 0.128. The summed E-state index contributed by atoms with van der Waals surface area (Å²) in [5, 5.41) is 94.4. The van der Waals surface area contributed by atoms with Gasteiger partial charge in [0.1, 0.15) is 90.7 Å². The molecule has 2 unspecified atom stereocenters. The monoisotopic (exact) mass is 1090 g/mol. The van der Waals surface area contributed by atoms with E-state index in [1.54, 1.807) is 24.3 Å². The van der Waals surface area contributed by atoms with Crippen LogP contribution in [0.1, 0.15) is 31.6 Å². The summed E-state index contributed by atoms with van der Waals surface area (Å²) in [6, 6.07) is 6.27. The number of hydrogen-bond donors (Lipinski definition) is 13. The number of aliphatic hydroxyl groups excluding tert-OH is 7. The molecule has 4 aliphatic rings. The van der Waals surface area contributed by atoms with Crippen LogP contribution in [0.5, 0.6) is 11.5 Å². The average Bonchev–Trinajstić information content (AvgIpc) is 3.68. The van der Waals surface area contributed by atoms with E-state index < -0.39 is 147 Å². The molecule has 0 aliphatic carbocycles. The number of rotatable bonds is 17. The van der Waals surface area contributed by atoms with E-state index in [9.17, 15) is 82.8 Å². The van der Waals surface area contributed by atoms with Gasteiger partial charge in [-0.2, -0.15) is 0 Å². The molecule has 15 atom stereocenters. The average molecular weight is 1090 g/mol. The number of benzene rings is 2. The number of halogens is 3. The van der Waals surface area contributed by atoms with Crippen LogP contribution in [0.2, 0.25) is 0 Å². The van der Waals surface area contributed by atoms with Gasteiger partial charge >= 0.3 is 24.2 Å². The number of nitrogens with one attached hydrogen (secondary N) is 4. The van der Waals surface area contributed by atoms with Crippen LogP contribution in [-0.2, 0) is 35.1 Å². The molecule has 76 heavy (non-hydrogen) atoms. The quantitative estimate of drug-likeness (QED) is 0.0617. The number of H-pyrrole nitrogens is 1. The van der Waals surface area contributed by atoms with Crippen molar-refractivity contribution in [2.45, 2.75) is 131 Å². The molecule has 14 N–H and O–H groups in total. The van der Waals surface area contributed by atoms with Crippen LogP contribution in [0.4, 0.5) is 28.4 Å². The number of carboxylic acid groups (broad SMARTS) is 1. The normalized spacial score (nSPS) is 30.4. The lowest BCUT2D eigenvalue weighted by Crippen LogP contribution is -2.70. The molecular formula is C45H57F3N8O20. The van der Waals surface area contributed by atoms with Crippen LogP contribution in [0.15, 0.2) is 70.4 Å². The summed E-state index contributed by atoms with van der Waals surface area (Å²) in [6.45, 7) is 0.0277. The van der Waals surface area contributed by atoms with Crippen molar-refractivity contribution in [1.29, 1.82) is 0 Å². The molecule has 0 saturated carbocycles. The largest absolute Gasteiger partial charge is 0.573 e. The predicted molar refractivity (Wildman–Crippen MR) is 247 cm³/mol. The van der Waals surface area contributed by atoms with E-state index in [2.05, 4.69) is 25.6 Å². The number of carbonyl (C=O) groups excluding carboxylic acids is 3. The summed E-state index contributed by atoms with van der Waals surface area (Å²) >= 11 is 0. The standard InChI is InChI=1S/C45H57F3N8O20/c1-19(58)51-28-33(62)32(61)26(18-57)73-40(28)75-41-29(53-42(67)50-16-20-2-4-21(5-3-20)54-13-10-23(11-14-54)71-22-6-8-24(9-7-22)76-45(46,47)48)34(63)31(60)25(72-41)17-56(44(69)70)30(38(49)66)37-35(64)36(65)39(74-37)55-15-12-27(59)52-43(55)68/h2-9,12,15,23,25-26,28-37,39-41,57,60-65H,10-11,13-14,16-18H2,1H3,(H2,49,66)(H,51,58)(H,69,70)(H2,50,53,67)(H,52,59,68)/t25-,26+,28+,29-,30+,31?,32-,33+,34-,35-,36?,37-,39-,40-,41+/m1/s1. The summed E-state index contributed by atoms with van der Waals surface area (Å²) < 4.78 is 71.4. The van der Waals surface area contributed by atoms with E-state index in [1.807, 2.05) is 4.98 Å². The fourth-order valence-corrected chi connectivity index (χ4v) is 9.23. The minimum Gasteiger partial charge on any atom is -0.490 e. The van der Waals surface area contributed by atoms with Crippen LogP contribution in [0.25, 0.3) is 0 Å². The Morgan fingerprint density at radius 1 is 0.816 bits per heavy atom. The lowest BCUT2D eigenvalue weighted by atomic mass is 9.94. The molecule has 0 radical (unpaired) electrons. The van der Waals surface area contributed by atoms with Gasteiger partial charge in [0.2, 0.25) is 11.8 Å². The summed E-state index contributed by atoms with van der Waals surface area (Å²) in [5.74, 6) is -2.26. The molecule has 4 aliphatic heterocycles. The first kappa shape index (κ1) is 57.1. The highest BCUT2D eigenvalue weighted by molar-refractivity contribution is 5.84. The van der Waals surface area contributed by atoms with Crippen LogP contribution in [0.3, 0.4) is 0 Å². The SMILES string of the molecule is CC(=O)N[C@@H]1[C@@H](O[C@@H]2O[C@H](CN(C(=O)O)[C@H](C(N)=O)[C@H]3O[C@@H](n4ccc(=O)[nH]c4=O)C(O)[C@H]3O)C(O)[C@H](O)[C@H]2NC(=O)NCc2ccc(N3CCC(Oc4ccc(OC(F)(F)F)cc4)CC3)cc2)O[C@@H](CO)[C@@H](O)[C@H]1O. The second-order valence-electron chi connectivity index (χ2n) is 18.2. The van der Waals surface area contributed by atoms with Crippen LogP contribution in [-0.4, -0.2) is 204 Å². The number of carbonyl (C=O) groups is 4. The number of nitrogens with zero attached hydrogens (tertiary/aromatic N) is 3. The van der Waals surface area contributed by atoms with Gasteiger partial charge in [-0.05, 0) is 42.0 Å².